The molecule has 1 aromatic heterocycles. The van der Waals surface area contributed by atoms with Gasteiger partial charge in [-0.1, -0.05) is 0 Å². The lowest BCUT2D eigenvalue weighted by molar-refractivity contribution is -0.115. The SMILES string of the molecule is COc1ccc(NC(=O)CNC(C)Cc2ccco2)cc1. The van der Waals surface area contributed by atoms with Gasteiger partial charge in [-0.05, 0) is 43.3 Å². The summed E-state index contributed by atoms with van der Waals surface area (Å²) in [6, 6.07) is 11.2. The molecule has 2 aromatic rings. The Morgan fingerprint density at radius 2 is 2.05 bits per heavy atom. The van der Waals surface area contributed by atoms with Gasteiger partial charge in [-0.3, -0.25) is 4.79 Å². The van der Waals surface area contributed by atoms with Gasteiger partial charge in [0.25, 0.3) is 0 Å². The molecule has 0 spiro atoms. The van der Waals surface area contributed by atoms with Crippen molar-refractivity contribution in [3.8, 4) is 5.75 Å². The van der Waals surface area contributed by atoms with Crippen LogP contribution in [0.2, 0.25) is 0 Å². The van der Waals surface area contributed by atoms with Crippen molar-refractivity contribution in [1.29, 1.82) is 0 Å². The van der Waals surface area contributed by atoms with Crippen LogP contribution in [0, 0.1) is 0 Å². The zero-order chi connectivity index (χ0) is 15.1. The summed E-state index contributed by atoms with van der Waals surface area (Å²) in [5, 5.41) is 5.99. The second-order valence-electron chi connectivity index (χ2n) is 4.84. The number of furan rings is 1. The molecule has 0 fully saturated rings. The Kier molecular flexibility index (Phi) is 5.40. The monoisotopic (exact) mass is 288 g/mol. The summed E-state index contributed by atoms with van der Waals surface area (Å²) in [7, 11) is 1.61. The van der Waals surface area contributed by atoms with Gasteiger partial charge in [-0.25, -0.2) is 0 Å². The first-order chi connectivity index (χ1) is 10.2. The maximum absolute atomic E-state index is 11.8. The zero-order valence-corrected chi connectivity index (χ0v) is 12.3. The number of carbonyl (C=O) groups excluding carboxylic acids is 1. The van der Waals surface area contributed by atoms with E-state index in [0.29, 0.717) is 0 Å². The summed E-state index contributed by atoms with van der Waals surface area (Å²) in [6.45, 7) is 2.27. The van der Waals surface area contributed by atoms with Gasteiger partial charge in [0.2, 0.25) is 5.91 Å². The van der Waals surface area contributed by atoms with Crippen LogP contribution in [-0.4, -0.2) is 25.6 Å². The van der Waals surface area contributed by atoms with Gasteiger partial charge in [0.05, 0.1) is 19.9 Å². The predicted molar refractivity (Wildman–Crippen MR) is 81.5 cm³/mol. The molecule has 1 atom stereocenters. The fourth-order valence-electron chi connectivity index (χ4n) is 1.95. The lowest BCUT2D eigenvalue weighted by Crippen LogP contribution is -2.35. The van der Waals surface area contributed by atoms with Gasteiger partial charge in [-0.2, -0.15) is 0 Å². The third-order valence-corrected chi connectivity index (χ3v) is 3.07. The van der Waals surface area contributed by atoms with E-state index in [4.69, 9.17) is 9.15 Å². The Bertz CT molecular complexity index is 549. The van der Waals surface area contributed by atoms with Crippen molar-refractivity contribution < 1.29 is 13.9 Å². The Hall–Kier alpha value is -2.27. The maximum Gasteiger partial charge on any atom is 0.238 e. The normalized spacial score (nSPS) is 11.9. The van der Waals surface area contributed by atoms with Crippen molar-refractivity contribution in [2.75, 3.05) is 19.0 Å². The van der Waals surface area contributed by atoms with E-state index in [9.17, 15) is 4.79 Å². The van der Waals surface area contributed by atoms with E-state index < -0.39 is 0 Å². The number of ether oxygens (including phenoxy) is 1. The molecule has 0 aliphatic carbocycles. The smallest absolute Gasteiger partial charge is 0.238 e. The molecule has 2 N–H and O–H groups in total. The molecule has 1 unspecified atom stereocenters. The van der Waals surface area contributed by atoms with Crippen molar-refractivity contribution >= 4 is 11.6 Å². The second kappa shape index (κ2) is 7.50. The van der Waals surface area contributed by atoms with Gasteiger partial charge in [0.1, 0.15) is 11.5 Å². The van der Waals surface area contributed by atoms with E-state index >= 15 is 0 Å². The molecule has 5 nitrogen and oxygen atoms in total. The number of carbonyl (C=O) groups is 1. The Morgan fingerprint density at radius 1 is 1.29 bits per heavy atom. The van der Waals surface area contributed by atoms with Crippen LogP contribution in [0.15, 0.2) is 47.1 Å². The minimum absolute atomic E-state index is 0.0774. The van der Waals surface area contributed by atoms with Crippen molar-refractivity contribution in [3.05, 3.63) is 48.4 Å². The molecular formula is C16H20N2O3. The standard InChI is InChI=1S/C16H20N2O3/c1-12(10-15-4-3-9-21-15)17-11-16(19)18-13-5-7-14(20-2)8-6-13/h3-9,12,17H,10-11H2,1-2H3,(H,18,19). The number of benzene rings is 1. The van der Waals surface area contributed by atoms with Crippen LogP contribution in [-0.2, 0) is 11.2 Å². The summed E-state index contributed by atoms with van der Waals surface area (Å²) in [4.78, 5) is 11.8. The van der Waals surface area contributed by atoms with Gasteiger partial charge < -0.3 is 19.8 Å². The molecule has 1 amide bonds. The third-order valence-electron chi connectivity index (χ3n) is 3.07. The molecule has 0 radical (unpaired) electrons. The number of amides is 1. The van der Waals surface area contributed by atoms with Gasteiger partial charge in [0.15, 0.2) is 0 Å². The van der Waals surface area contributed by atoms with Crippen LogP contribution < -0.4 is 15.4 Å². The summed E-state index contributed by atoms with van der Waals surface area (Å²) in [5.41, 5.74) is 0.751. The van der Waals surface area contributed by atoms with Crippen LogP contribution in [0.4, 0.5) is 5.69 Å². The van der Waals surface area contributed by atoms with Crippen molar-refractivity contribution in [2.24, 2.45) is 0 Å². The fourth-order valence-corrected chi connectivity index (χ4v) is 1.95. The largest absolute Gasteiger partial charge is 0.497 e. The van der Waals surface area contributed by atoms with Crippen LogP contribution in [0.25, 0.3) is 0 Å². The lowest BCUT2D eigenvalue weighted by Gasteiger charge is -2.12. The lowest BCUT2D eigenvalue weighted by atomic mass is 10.2. The molecule has 0 saturated carbocycles. The van der Waals surface area contributed by atoms with Gasteiger partial charge >= 0.3 is 0 Å². The van der Waals surface area contributed by atoms with Crippen LogP contribution in [0.3, 0.4) is 0 Å². The minimum atomic E-state index is -0.0774. The topological polar surface area (TPSA) is 63.5 Å². The van der Waals surface area contributed by atoms with E-state index in [1.165, 1.54) is 0 Å². The van der Waals surface area contributed by atoms with E-state index in [0.717, 1.165) is 23.6 Å². The predicted octanol–water partition coefficient (Wildman–Crippen LogP) is 2.45. The van der Waals surface area contributed by atoms with Gasteiger partial charge in [0, 0.05) is 18.2 Å². The highest BCUT2D eigenvalue weighted by Crippen LogP contribution is 2.14. The average molecular weight is 288 g/mol. The number of anilines is 1. The maximum atomic E-state index is 11.8. The minimum Gasteiger partial charge on any atom is -0.497 e. The molecule has 0 aliphatic heterocycles. The van der Waals surface area contributed by atoms with Crippen molar-refractivity contribution in [3.63, 3.8) is 0 Å². The number of nitrogens with one attached hydrogen (secondary N) is 2. The summed E-state index contributed by atoms with van der Waals surface area (Å²) in [5.74, 6) is 1.59. The first-order valence-corrected chi connectivity index (χ1v) is 6.87. The van der Waals surface area contributed by atoms with Crippen LogP contribution in [0.5, 0.6) is 5.75 Å². The molecule has 1 heterocycles. The summed E-state index contributed by atoms with van der Waals surface area (Å²) in [6.07, 6.45) is 2.40. The fraction of sp³-hybridized carbons (Fsp3) is 0.312. The molecule has 5 heteroatoms. The van der Waals surface area contributed by atoms with E-state index in [1.54, 1.807) is 13.4 Å². The van der Waals surface area contributed by atoms with Crippen LogP contribution in [0.1, 0.15) is 12.7 Å². The first kappa shape index (κ1) is 15.1. The number of hydrogen-bond donors (Lipinski definition) is 2. The van der Waals surface area contributed by atoms with Crippen molar-refractivity contribution in [1.82, 2.24) is 5.32 Å². The number of hydrogen-bond acceptors (Lipinski definition) is 4. The molecular weight excluding hydrogens is 268 g/mol. The average Bonchev–Trinajstić information content (AvgIpc) is 2.99. The Morgan fingerprint density at radius 3 is 2.67 bits per heavy atom. The molecule has 2 rings (SSSR count). The van der Waals surface area contributed by atoms with Crippen LogP contribution >= 0.6 is 0 Å². The zero-order valence-electron chi connectivity index (χ0n) is 12.3. The molecule has 0 saturated heterocycles. The highest BCUT2D eigenvalue weighted by molar-refractivity contribution is 5.92. The number of methoxy groups -OCH3 is 1. The molecule has 1 aromatic carbocycles. The molecule has 112 valence electrons. The van der Waals surface area contributed by atoms with Gasteiger partial charge in [-0.15, -0.1) is 0 Å². The van der Waals surface area contributed by atoms with E-state index in [1.807, 2.05) is 43.3 Å². The second-order valence-corrected chi connectivity index (χ2v) is 4.84. The summed E-state index contributed by atoms with van der Waals surface area (Å²) >= 11 is 0. The Labute approximate surface area is 124 Å². The van der Waals surface area contributed by atoms with E-state index in [-0.39, 0.29) is 18.5 Å². The molecule has 0 bridgehead atoms. The highest BCUT2D eigenvalue weighted by atomic mass is 16.5. The number of rotatable bonds is 7. The quantitative estimate of drug-likeness (QED) is 0.821. The third kappa shape index (κ3) is 4.96. The van der Waals surface area contributed by atoms with E-state index in [2.05, 4.69) is 10.6 Å². The molecule has 0 aliphatic rings. The molecule has 21 heavy (non-hydrogen) atoms. The highest BCUT2D eigenvalue weighted by Gasteiger charge is 2.08. The Balaban J connectivity index is 1.73. The van der Waals surface area contributed by atoms with Crippen molar-refractivity contribution in [2.45, 2.75) is 19.4 Å². The first-order valence-electron chi connectivity index (χ1n) is 6.87. The summed E-state index contributed by atoms with van der Waals surface area (Å²) < 4.78 is 10.3.